The molecule has 1 saturated heterocycles. The molecule has 0 aromatic carbocycles. The summed E-state index contributed by atoms with van der Waals surface area (Å²) in [7, 11) is 0. The van der Waals surface area contributed by atoms with Crippen LogP contribution in [0.1, 0.15) is 19.3 Å². The monoisotopic (exact) mass is 287 g/mol. The lowest BCUT2D eigenvalue weighted by molar-refractivity contribution is 0.676. The molecular weight excluding hydrogens is 274 g/mol. The Bertz CT molecular complexity index is 298. The zero-order chi connectivity index (χ0) is 10.5. The molecule has 1 unspecified atom stereocenters. The molecule has 15 heavy (non-hydrogen) atoms. The van der Waals surface area contributed by atoms with Crippen LogP contribution < -0.4 is 5.32 Å². The molecule has 2 heterocycles. The van der Waals surface area contributed by atoms with Gasteiger partial charge in [0.1, 0.15) is 0 Å². The third kappa shape index (κ3) is 3.65. The Morgan fingerprint density at radius 3 is 2.87 bits per heavy atom. The zero-order valence-electron chi connectivity index (χ0n) is 8.45. The van der Waals surface area contributed by atoms with E-state index in [9.17, 15) is 0 Å². The van der Waals surface area contributed by atoms with Gasteiger partial charge in [-0.1, -0.05) is 6.42 Å². The molecule has 1 aliphatic rings. The standard InChI is InChI=1S/C10H14BrN3S/c11-8-5-12-10(13-6-8)14-7-9-3-1-2-4-15-9/h5-6,9H,1-4,7H2,(H,12,13,14). The third-order valence-corrected chi connectivity index (χ3v) is 4.19. The number of aromatic nitrogens is 2. The van der Waals surface area contributed by atoms with Gasteiger partial charge in [0, 0.05) is 24.2 Å². The fourth-order valence-electron chi connectivity index (χ4n) is 1.58. The normalized spacial score (nSPS) is 21.3. The van der Waals surface area contributed by atoms with E-state index in [1.807, 2.05) is 0 Å². The SMILES string of the molecule is Brc1cnc(NCC2CCCCS2)nc1. The lowest BCUT2D eigenvalue weighted by Gasteiger charge is -2.21. The van der Waals surface area contributed by atoms with E-state index < -0.39 is 0 Å². The lowest BCUT2D eigenvalue weighted by atomic mass is 10.2. The molecule has 0 radical (unpaired) electrons. The van der Waals surface area contributed by atoms with Gasteiger partial charge in [-0.2, -0.15) is 11.8 Å². The van der Waals surface area contributed by atoms with Gasteiger partial charge >= 0.3 is 0 Å². The zero-order valence-corrected chi connectivity index (χ0v) is 10.9. The molecule has 1 fully saturated rings. The van der Waals surface area contributed by atoms with Gasteiger partial charge < -0.3 is 5.32 Å². The Kier molecular flexibility index (Phi) is 4.26. The Balaban J connectivity index is 1.79. The van der Waals surface area contributed by atoms with Crippen LogP contribution in [-0.2, 0) is 0 Å². The van der Waals surface area contributed by atoms with Gasteiger partial charge in [-0.15, -0.1) is 0 Å². The number of anilines is 1. The molecule has 82 valence electrons. The maximum atomic E-state index is 4.18. The highest BCUT2D eigenvalue weighted by atomic mass is 79.9. The fourth-order valence-corrected chi connectivity index (χ4v) is 3.02. The molecule has 0 bridgehead atoms. The molecule has 3 nitrogen and oxygen atoms in total. The molecule has 2 rings (SSSR count). The number of hydrogen-bond donors (Lipinski definition) is 1. The first-order valence-corrected chi connectivity index (χ1v) is 7.02. The first kappa shape index (κ1) is 11.2. The minimum Gasteiger partial charge on any atom is -0.353 e. The summed E-state index contributed by atoms with van der Waals surface area (Å²) in [4.78, 5) is 8.37. The molecule has 1 aromatic heterocycles. The predicted octanol–water partition coefficient (Wildman–Crippen LogP) is 2.94. The minimum absolute atomic E-state index is 0.726. The summed E-state index contributed by atoms with van der Waals surface area (Å²) in [5.41, 5.74) is 0. The second kappa shape index (κ2) is 5.70. The van der Waals surface area contributed by atoms with Crippen LogP contribution in [0.15, 0.2) is 16.9 Å². The Hall–Kier alpha value is -0.290. The van der Waals surface area contributed by atoms with Crippen LogP contribution >= 0.6 is 27.7 Å². The number of halogens is 1. The van der Waals surface area contributed by atoms with Gasteiger partial charge in [0.2, 0.25) is 5.95 Å². The van der Waals surface area contributed by atoms with Crippen LogP contribution in [0.2, 0.25) is 0 Å². The molecule has 1 N–H and O–H groups in total. The summed E-state index contributed by atoms with van der Waals surface area (Å²) in [5.74, 6) is 2.03. The van der Waals surface area contributed by atoms with E-state index in [0.717, 1.165) is 22.2 Å². The van der Waals surface area contributed by atoms with Gasteiger partial charge in [-0.05, 0) is 34.5 Å². The van der Waals surface area contributed by atoms with Crippen molar-refractivity contribution in [3.05, 3.63) is 16.9 Å². The van der Waals surface area contributed by atoms with Gasteiger partial charge in [-0.25, -0.2) is 9.97 Å². The molecule has 0 saturated carbocycles. The smallest absolute Gasteiger partial charge is 0.222 e. The van der Waals surface area contributed by atoms with Crippen LogP contribution in [0.3, 0.4) is 0 Å². The molecule has 1 atom stereocenters. The van der Waals surface area contributed by atoms with Crippen molar-refractivity contribution in [1.82, 2.24) is 9.97 Å². The van der Waals surface area contributed by atoms with Crippen molar-refractivity contribution in [1.29, 1.82) is 0 Å². The average Bonchev–Trinajstić information content (AvgIpc) is 2.30. The highest BCUT2D eigenvalue weighted by molar-refractivity contribution is 9.10. The van der Waals surface area contributed by atoms with Crippen LogP contribution in [-0.4, -0.2) is 27.5 Å². The van der Waals surface area contributed by atoms with Crippen molar-refractivity contribution in [3.8, 4) is 0 Å². The number of nitrogens with one attached hydrogen (secondary N) is 1. The van der Waals surface area contributed by atoms with Crippen molar-refractivity contribution in [2.75, 3.05) is 17.6 Å². The minimum atomic E-state index is 0.726. The maximum Gasteiger partial charge on any atom is 0.222 e. The van der Waals surface area contributed by atoms with Crippen molar-refractivity contribution >= 4 is 33.6 Å². The van der Waals surface area contributed by atoms with E-state index in [-0.39, 0.29) is 0 Å². The summed E-state index contributed by atoms with van der Waals surface area (Å²) < 4.78 is 0.917. The van der Waals surface area contributed by atoms with E-state index in [0.29, 0.717) is 0 Å². The van der Waals surface area contributed by atoms with Crippen LogP contribution in [0.5, 0.6) is 0 Å². The van der Waals surface area contributed by atoms with E-state index in [1.54, 1.807) is 12.4 Å². The Morgan fingerprint density at radius 1 is 1.40 bits per heavy atom. The third-order valence-electron chi connectivity index (χ3n) is 2.38. The van der Waals surface area contributed by atoms with Gasteiger partial charge in [-0.3, -0.25) is 0 Å². The van der Waals surface area contributed by atoms with Gasteiger partial charge in [0.05, 0.1) is 4.47 Å². The molecule has 1 aliphatic heterocycles. The lowest BCUT2D eigenvalue weighted by Crippen LogP contribution is -2.20. The molecular formula is C10H14BrN3S. The molecule has 0 amide bonds. The number of nitrogens with zero attached hydrogens (tertiary/aromatic N) is 2. The highest BCUT2D eigenvalue weighted by Gasteiger charge is 2.13. The van der Waals surface area contributed by atoms with Crippen molar-refractivity contribution in [2.45, 2.75) is 24.5 Å². The van der Waals surface area contributed by atoms with E-state index >= 15 is 0 Å². The molecule has 1 aromatic rings. The Labute approximate surface area is 103 Å². The van der Waals surface area contributed by atoms with E-state index in [4.69, 9.17) is 0 Å². The largest absolute Gasteiger partial charge is 0.353 e. The van der Waals surface area contributed by atoms with Crippen LogP contribution in [0.4, 0.5) is 5.95 Å². The van der Waals surface area contributed by atoms with Crippen molar-refractivity contribution in [3.63, 3.8) is 0 Å². The first-order valence-electron chi connectivity index (χ1n) is 5.17. The average molecular weight is 288 g/mol. The summed E-state index contributed by atoms with van der Waals surface area (Å²) in [5, 5.41) is 4.01. The summed E-state index contributed by atoms with van der Waals surface area (Å²) in [6.07, 6.45) is 7.58. The number of thioether (sulfide) groups is 1. The molecule has 0 aliphatic carbocycles. The topological polar surface area (TPSA) is 37.8 Å². The quantitative estimate of drug-likeness (QED) is 0.928. The maximum absolute atomic E-state index is 4.18. The fraction of sp³-hybridized carbons (Fsp3) is 0.600. The molecule has 0 spiro atoms. The second-order valence-corrected chi connectivity index (χ2v) is 5.92. The summed E-state index contributed by atoms with van der Waals surface area (Å²) >= 11 is 5.37. The first-order chi connectivity index (χ1) is 7.34. The highest BCUT2D eigenvalue weighted by Crippen LogP contribution is 2.24. The van der Waals surface area contributed by atoms with Crippen LogP contribution in [0, 0.1) is 0 Å². The number of rotatable bonds is 3. The van der Waals surface area contributed by atoms with Gasteiger partial charge in [0.15, 0.2) is 0 Å². The number of hydrogen-bond acceptors (Lipinski definition) is 4. The van der Waals surface area contributed by atoms with Gasteiger partial charge in [0.25, 0.3) is 0 Å². The van der Waals surface area contributed by atoms with Crippen LogP contribution in [0.25, 0.3) is 0 Å². The second-order valence-electron chi connectivity index (χ2n) is 3.59. The summed E-state index contributed by atoms with van der Waals surface area (Å²) in [6, 6.07) is 0. The van der Waals surface area contributed by atoms with E-state index in [2.05, 4.69) is 43.0 Å². The molecule has 5 heteroatoms. The Morgan fingerprint density at radius 2 is 2.20 bits per heavy atom. The predicted molar refractivity (Wildman–Crippen MR) is 68.3 cm³/mol. The van der Waals surface area contributed by atoms with Crippen molar-refractivity contribution < 1.29 is 0 Å². The van der Waals surface area contributed by atoms with E-state index in [1.165, 1.54) is 25.0 Å². The summed E-state index contributed by atoms with van der Waals surface area (Å²) in [6.45, 7) is 0.978. The van der Waals surface area contributed by atoms with Crippen molar-refractivity contribution in [2.24, 2.45) is 0 Å².